The molecule has 0 saturated carbocycles. The molecule has 0 bridgehead atoms. The monoisotopic (exact) mass is 341 g/mol. The molecular formula is C17H31N3O4. The summed E-state index contributed by atoms with van der Waals surface area (Å²) in [6.45, 7) is 7.21. The highest BCUT2D eigenvalue weighted by Gasteiger charge is 2.30. The summed E-state index contributed by atoms with van der Waals surface area (Å²) in [7, 11) is 0. The van der Waals surface area contributed by atoms with Crippen LogP contribution in [-0.4, -0.2) is 39.0 Å². The Kier molecular flexibility index (Phi) is 7.26. The summed E-state index contributed by atoms with van der Waals surface area (Å²) in [5.41, 5.74) is 5.44. The van der Waals surface area contributed by atoms with E-state index in [9.17, 15) is 15.0 Å². The number of carboxylic acid groups (broad SMARTS) is 1. The fourth-order valence-electron chi connectivity index (χ4n) is 2.58. The van der Waals surface area contributed by atoms with E-state index >= 15 is 0 Å². The molecule has 0 radical (unpaired) electrons. The number of carbonyl (C=O) groups is 1. The molecular weight excluding hydrogens is 310 g/mol. The van der Waals surface area contributed by atoms with Crippen molar-refractivity contribution < 1.29 is 19.7 Å². The van der Waals surface area contributed by atoms with Crippen LogP contribution < -0.4 is 11.6 Å². The van der Waals surface area contributed by atoms with Crippen LogP contribution >= 0.6 is 0 Å². The number of hydrazine groups is 1. The van der Waals surface area contributed by atoms with Crippen LogP contribution in [0.5, 0.6) is 0 Å². The molecule has 0 fully saturated rings. The van der Waals surface area contributed by atoms with Crippen LogP contribution in [0, 0.1) is 5.92 Å². The van der Waals surface area contributed by atoms with Crippen molar-refractivity contribution in [1.29, 1.82) is 0 Å². The average molecular weight is 341 g/mol. The quantitative estimate of drug-likeness (QED) is 0.391. The van der Waals surface area contributed by atoms with Gasteiger partial charge in [-0.15, -0.1) is 0 Å². The lowest BCUT2D eigenvalue weighted by atomic mass is 9.91. The van der Waals surface area contributed by atoms with E-state index in [0.29, 0.717) is 18.5 Å². The number of rotatable bonds is 8. The zero-order valence-electron chi connectivity index (χ0n) is 15.0. The van der Waals surface area contributed by atoms with Crippen molar-refractivity contribution in [3.8, 4) is 0 Å². The molecule has 0 aromatic carbocycles. The van der Waals surface area contributed by atoms with Crippen LogP contribution in [0.4, 0.5) is 0 Å². The second-order valence-corrected chi connectivity index (χ2v) is 6.79. The van der Waals surface area contributed by atoms with Gasteiger partial charge in [-0.2, -0.15) is 0 Å². The summed E-state index contributed by atoms with van der Waals surface area (Å²) in [4.78, 5) is 11.4. The van der Waals surface area contributed by atoms with E-state index in [1.54, 1.807) is 19.9 Å². The van der Waals surface area contributed by atoms with Crippen molar-refractivity contribution in [1.82, 2.24) is 5.01 Å². The van der Waals surface area contributed by atoms with Crippen LogP contribution in [0.1, 0.15) is 53.4 Å². The van der Waals surface area contributed by atoms with Crippen molar-refractivity contribution in [2.45, 2.75) is 71.2 Å². The Labute approximate surface area is 143 Å². The number of aliphatic carboxylic acids is 1. The topological polar surface area (TPSA) is 122 Å². The molecule has 1 aliphatic carbocycles. The highest BCUT2D eigenvalue weighted by molar-refractivity contribution is 5.72. The van der Waals surface area contributed by atoms with Gasteiger partial charge in [-0.1, -0.05) is 13.8 Å². The molecule has 24 heavy (non-hydrogen) atoms. The number of nitrogens with two attached hydrogens (primary N) is 2. The molecule has 2 atom stereocenters. The second kappa shape index (κ2) is 8.50. The minimum Gasteiger partial charge on any atom is -0.481 e. The van der Waals surface area contributed by atoms with Gasteiger partial charge in [-0.05, 0) is 39.2 Å². The molecule has 1 rings (SSSR count). The van der Waals surface area contributed by atoms with Crippen molar-refractivity contribution in [3.05, 3.63) is 23.7 Å². The SMILES string of the molecule is CCC(CC)OC1CC(N(N)/C=C(\N)C(C)(C)O)=CC(C(=O)O)C1. The summed E-state index contributed by atoms with van der Waals surface area (Å²) in [6.07, 6.45) is 5.63. The lowest BCUT2D eigenvalue weighted by molar-refractivity contribution is -0.142. The minimum absolute atomic E-state index is 0.104. The fraction of sp³-hybridized carbons (Fsp3) is 0.706. The minimum atomic E-state index is -1.20. The molecule has 2 unspecified atom stereocenters. The molecule has 0 amide bonds. The van der Waals surface area contributed by atoms with E-state index in [1.807, 2.05) is 13.8 Å². The van der Waals surface area contributed by atoms with Crippen LogP contribution in [-0.2, 0) is 9.53 Å². The Bertz CT molecular complexity index is 493. The molecule has 1 aliphatic rings. The third-order valence-electron chi connectivity index (χ3n) is 4.28. The first-order valence-electron chi connectivity index (χ1n) is 8.41. The molecule has 6 N–H and O–H groups in total. The summed E-state index contributed by atoms with van der Waals surface area (Å²) < 4.78 is 6.04. The smallest absolute Gasteiger partial charge is 0.310 e. The van der Waals surface area contributed by atoms with E-state index in [1.165, 1.54) is 11.2 Å². The van der Waals surface area contributed by atoms with Gasteiger partial charge in [-0.3, -0.25) is 9.80 Å². The first-order chi connectivity index (χ1) is 11.1. The molecule has 7 heteroatoms. The van der Waals surface area contributed by atoms with E-state index in [-0.39, 0.29) is 17.9 Å². The third kappa shape index (κ3) is 5.81. The first-order valence-corrected chi connectivity index (χ1v) is 8.41. The standard InChI is InChI=1S/C17H31N3O4/c1-5-13(6-2)24-14-8-11(16(21)22)7-12(9-14)20(19)10-15(18)17(3,4)23/h7,10-11,13-14,23H,5-6,8-9,18-19H2,1-4H3,(H,21,22)/b15-10-. The molecule has 0 saturated heterocycles. The van der Waals surface area contributed by atoms with E-state index in [2.05, 4.69) is 0 Å². The number of nitrogens with zero attached hydrogens (tertiary/aromatic N) is 1. The predicted octanol–water partition coefficient (Wildman–Crippen LogP) is 1.69. The van der Waals surface area contributed by atoms with Gasteiger partial charge >= 0.3 is 5.97 Å². The Morgan fingerprint density at radius 3 is 2.54 bits per heavy atom. The Morgan fingerprint density at radius 2 is 2.08 bits per heavy atom. The fourth-order valence-corrected chi connectivity index (χ4v) is 2.58. The van der Waals surface area contributed by atoms with Gasteiger partial charge in [0.05, 0.1) is 29.4 Å². The third-order valence-corrected chi connectivity index (χ3v) is 4.28. The largest absolute Gasteiger partial charge is 0.481 e. The van der Waals surface area contributed by atoms with Crippen LogP contribution in [0.15, 0.2) is 23.7 Å². The first kappa shape index (κ1) is 20.5. The Balaban J connectivity index is 2.96. The number of hydrogen-bond donors (Lipinski definition) is 4. The normalized spacial score (nSPS) is 22.5. The lowest BCUT2D eigenvalue weighted by Crippen LogP contribution is -2.37. The van der Waals surface area contributed by atoms with Gasteiger partial charge in [0.25, 0.3) is 0 Å². The van der Waals surface area contributed by atoms with Crippen LogP contribution in [0.3, 0.4) is 0 Å². The maximum Gasteiger partial charge on any atom is 0.310 e. The molecule has 0 heterocycles. The average Bonchev–Trinajstić information content (AvgIpc) is 2.51. The zero-order valence-corrected chi connectivity index (χ0v) is 15.0. The van der Waals surface area contributed by atoms with Gasteiger partial charge in [-0.25, -0.2) is 5.84 Å². The molecule has 0 aromatic rings. The zero-order chi connectivity index (χ0) is 18.5. The van der Waals surface area contributed by atoms with Crippen LogP contribution in [0.2, 0.25) is 0 Å². The number of ether oxygens (including phenoxy) is 1. The van der Waals surface area contributed by atoms with E-state index in [0.717, 1.165) is 12.8 Å². The van der Waals surface area contributed by atoms with Crippen molar-refractivity contribution >= 4 is 5.97 Å². The van der Waals surface area contributed by atoms with Gasteiger partial charge in [0.15, 0.2) is 0 Å². The van der Waals surface area contributed by atoms with Gasteiger partial charge < -0.3 is 20.7 Å². The number of carboxylic acids is 1. The summed E-state index contributed by atoms with van der Waals surface area (Å²) in [6, 6.07) is 0. The summed E-state index contributed by atoms with van der Waals surface area (Å²) >= 11 is 0. The lowest BCUT2D eigenvalue weighted by Gasteiger charge is -2.33. The van der Waals surface area contributed by atoms with E-state index < -0.39 is 17.5 Å². The predicted molar refractivity (Wildman–Crippen MR) is 92.3 cm³/mol. The van der Waals surface area contributed by atoms with Crippen LogP contribution in [0.25, 0.3) is 0 Å². The van der Waals surface area contributed by atoms with Gasteiger partial charge in [0.2, 0.25) is 0 Å². The summed E-state index contributed by atoms with van der Waals surface area (Å²) in [5.74, 6) is 4.45. The number of aliphatic hydroxyl groups is 1. The highest BCUT2D eigenvalue weighted by atomic mass is 16.5. The highest BCUT2D eigenvalue weighted by Crippen LogP contribution is 2.29. The molecule has 0 aromatic heterocycles. The second-order valence-electron chi connectivity index (χ2n) is 6.79. The van der Waals surface area contributed by atoms with E-state index in [4.69, 9.17) is 16.3 Å². The molecule has 138 valence electrons. The molecule has 0 aliphatic heterocycles. The molecule has 0 spiro atoms. The maximum atomic E-state index is 11.4. The van der Waals surface area contributed by atoms with Crippen molar-refractivity contribution in [3.63, 3.8) is 0 Å². The molecule has 7 nitrogen and oxygen atoms in total. The van der Waals surface area contributed by atoms with Gasteiger partial charge in [0.1, 0.15) is 0 Å². The summed E-state index contributed by atoms with van der Waals surface area (Å²) in [5, 5.41) is 20.6. The maximum absolute atomic E-state index is 11.4. The van der Waals surface area contributed by atoms with Crippen molar-refractivity contribution in [2.24, 2.45) is 17.5 Å². The van der Waals surface area contributed by atoms with Gasteiger partial charge in [0, 0.05) is 18.3 Å². The Morgan fingerprint density at radius 1 is 1.50 bits per heavy atom. The number of hydrogen-bond acceptors (Lipinski definition) is 6. The van der Waals surface area contributed by atoms with Crippen molar-refractivity contribution in [2.75, 3.05) is 0 Å². The Hall–Kier alpha value is -1.57.